The second-order valence-corrected chi connectivity index (χ2v) is 5.22. The molecule has 0 aliphatic rings. The number of methoxy groups -OCH3 is 1. The number of hydrogen-bond acceptors (Lipinski definition) is 3. The summed E-state index contributed by atoms with van der Waals surface area (Å²) in [5, 5.41) is 8.49. The van der Waals surface area contributed by atoms with Gasteiger partial charge in [0.2, 0.25) is 0 Å². The van der Waals surface area contributed by atoms with Crippen molar-refractivity contribution < 1.29 is 4.74 Å². The zero-order valence-corrected chi connectivity index (χ0v) is 12.7. The first-order chi connectivity index (χ1) is 11.4. The van der Waals surface area contributed by atoms with Crippen molar-refractivity contribution in [1.29, 1.82) is 0 Å². The van der Waals surface area contributed by atoms with Crippen molar-refractivity contribution in [2.24, 2.45) is 0 Å². The van der Waals surface area contributed by atoms with Gasteiger partial charge in [-0.1, -0.05) is 42.5 Å². The van der Waals surface area contributed by atoms with E-state index in [0.29, 0.717) is 5.65 Å². The molecule has 0 saturated heterocycles. The van der Waals surface area contributed by atoms with E-state index in [-0.39, 0.29) is 0 Å². The van der Waals surface area contributed by atoms with Gasteiger partial charge >= 0.3 is 0 Å². The average molecular weight is 301 g/mol. The van der Waals surface area contributed by atoms with Crippen LogP contribution < -0.4 is 4.74 Å². The second kappa shape index (κ2) is 5.57. The minimum atomic E-state index is 0.701. The SMILES string of the molecule is COc1ccccc1-c1[nH]nc2nccc(-c3ccccc3)c12. The zero-order chi connectivity index (χ0) is 15.6. The number of benzene rings is 2. The Balaban J connectivity index is 2.03. The van der Waals surface area contributed by atoms with Gasteiger partial charge in [-0.3, -0.25) is 5.10 Å². The Labute approximate surface area is 133 Å². The Hall–Kier alpha value is -3.14. The second-order valence-electron chi connectivity index (χ2n) is 5.22. The lowest BCUT2D eigenvalue weighted by atomic mass is 9.99. The van der Waals surface area contributed by atoms with Gasteiger partial charge < -0.3 is 4.74 Å². The molecule has 0 saturated carbocycles. The van der Waals surface area contributed by atoms with Gasteiger partial charge in [0.1, 0.15) is 5.75 Å². The average Bonchev–Trinajstić information content (AvgIpc) is 3.06. The third-order valence-corrected chi connectivity index (χ3v) is 3.92. The van der Waals surface area contributed by atoms with E-state index in [1.807, 2.05) is 48.5 Å². The van der Waals surface area contributed by atoms with Crippen molar-refractivity contribution in [3.05, 3.63) is 66.9 Å². The number of aromatic nitrogens is 3. The molecule has 0 aliphatic heterocycles. The van der Waals surface area contributed by atoms with E-state index in [9.17, 15) is 0 Å². The standard InChI is InChI=1S/C19H15N3O/c1-23-16-10-6-5-9-15(16)18-17-14(13-7-3-2-4-8-13)11-12-20-19(17)22-21-18/h2-12H,1H3,(H,20,21,22). The molecular formula is C19H15N3O. The van der Waals surface area contributed by atoms with Crippen LogP contribution in [-0.2, 0) is 0 Å². The molecule has 23 heavy (non-hydrogen) atoms. The van der Waals surface area contributed by atoms with Crippen molar-refractivity contribution in [3.8, 4) is 28.1 Å². The summed E-state index contributed by atoms with van der Waals surface area (Å²) in [7, 11) is 1.67. The van der Waals surface area contributed by atoms with Gasteiger partial charge in [0.15, 0.2) is 5.65 Å². The molecule has 0 bridgehead atoms. The molecular weight excluding hydrogens is 286 g/mol. The molecule has 4 nitrogen and oxygen atoms in total. The fraction of sp³-hybridized carbons (Fsp3) is 0.0526. The largest absolute Gasteiger partial charge is 0.496 e. The maximum absolute atomic E-state index is 5.50. The lowest BCUT2D eigenvalue weighted by Crippen LogP contribution is -1.89. The summed E-state index contributed by atoms with van der Waals surface area (Å²) < 4.78 is 5.50. The van der Waals surface area contributed by atoms with Gasteiger partial charge in [-0.2, -0.15) is 5.10 Å². The first-order valence-corrected chi connectivity index (χ1v) is 7.40. The summed E-state index contributed by atoms with van der Waals surface area (Å²) in [6, 6.07) is 20.2. The van der Waals surface area contributed by atoms with Gasteiger partial charge in [-0.25, -0.2) is 4.98 Å². The number of nitrogens with zero attached hydrogens (tertiary/aromatic N) is 2. The van der Waals surface area contributed by atoms with Gasteiger partial charge in [0.25, 0.3) is 0 Å². The molecule has 0 unspecified atom stereocenters. The highest BCUT2D eigenvalue weighted by molar-refractivity contribution is 6.02. The highest BCUT2D eigenvalue weighted by Gasteiger charge is 2.16. The number of ether oxygens (including phenoxy) is 1. The molecule has 1 N–H and O–H groups in total. The molecule has 0 amide bonds. The molecule has 0 aliphatic carbocycles. The maximum atomic E-state index is 5.50. The monoisotopic (exact) mass is 301 g/mol. The molecule has 0 spiro atoms. The van der Waals surface area contributed by atoms with Crippen LogP contribution in [0, 0.1) is 0 Å². The van der Waals surface area contributed by atoms with Gasteiger partial charge in [-0.15, -0.1) is 0 Å². The minimum Gasteiger partial charge on any atom is -0.496 e. The van der Waals surface area contributed by atoms with Crippen molar-refractivity contribution in [1.82, 2.24) is 15.2 Å². The zero-order valence-electron chi connectivity index (χ0n) is 12.7. The van der Waals surface area contributed by atoms with Crippen molar-refractivity contribution in [3.63, 3.8) is 0 Å². The number of fused-ring (bicyclic) bond motifs is 1. The molecule has 2 heterocycles. The molecule has 2 aromatic carbocycles. The van der Waals surface area contributed by atoms with Crippen LogP contribution in [0.2, 0.25) is 0 Å². The third-order valence-electron chi connectivity index (χ3n) is 3.92. The highest BCUT2D eigenvalue weighted by atomic mass is 16.5. The minimum absolute atomic E-state index is 0.701. The number of aromatic amines is 1. The Morgan fingerprint density at radius 1 is 0.870 bits per heavy atom. The smallest absolute Gasteiger partial charge is 0.182 e. The summed E-state index contributed by atoms with van der Waals surface area (Å²) in [6.07, 6.45) is 1.79. The number of pyridine rings is 1. The summed E-state index contributed by atoms with van der Waals surface area (Å²) >= 11 is 0. The van der Waals surface area contributed by atoms with Crippen LogP contribution in [0.4, 0.5) is 0 Å². The lowest BCUT2D eigenvalue weighted by molar-refractivity contribution is 0.416. The van der Waals surface area contributed by atoms with E-state index < -0.39 is 0 Å². The first kappa shape index (κ1) is 13.5. The number of rotatable bonds is 3. The van der Waals surface area contributed by atoms with E-state index in [4.69, 9.17) is 4.74 Å². The van der Waals surface area contributed by atoms with Crippen LogP contribution in [0.3, 0.4) is 0 Å². The van der Waals surface area contributed by atoms with E-state index in [1.54, 1.807) is 13.3 Å². The fourth-order valence-corrected chi connectivity index (χ4v) is 2.85. The van der Waals surface area contributed by atoms with Crippen LogP contribution in [0.15, 0.2) is 66.9 Å². The molecule has 0 fully saturated rings. The Morgan fingerprint density at radius 3 is 2.48 bits per heavy atom. The molecule has 4 rings (SSSR count). The first-order valence-electron chi connectivity index (χ1n) is 7.40. The maximum Gasteiger partial charge on any atom is 0.182 e. The highest BCUT2D eigenvalue weighted by Crippen LogP contribution is 2.37. The third kappa shape index (κ3) is 2.25. The molecule has 112 valence electrons. The predicted octanol–water partition coefficient (Wildman–Crippen LogP) is 4.30. The van der Waals surface area contributed by atoms with Gasteiger partial charge in [0.05, 0.1) is 18.2 Å². The van der Waals surface area contributed by atoms with Crippen LogP contribution >= 0.6 is 0 Å². The summed E-state index contributed by atoms with van der Waals surface area (Å²) in [4.78, 5) is 4.39. The molecule has 2 aromatic heterocycles. The van der Waals surface area contributed by atoms with Crippen molar-refractivity contribution >= 4 is 11.0 Å². The quantitative estimate of drug-likeness (QED) is 0.614. The number of H-pyrrole nitrogens is 1. The summed E-state index contributed by atoms with van der Waals surface area (Å²) in [5.74, 6) is 0.806. The lowest BCUT2D eigenvalue weighted by Gasteiger charge is -2.09. The molecule has 0 atom stereocenters. The van der Waals surface area contributed by atoms with Crippen LogP contribution in [0.5, 0.6) is 5.75 Å². The van der Waals surface area contributed by atoms with Gasteiger partial charge in [-0.05, 0) is 29.3 Å². The number of hydrogen-bond donors (Lipinski definition) is 1. The Morgan fingerprint density at radius 2 is 1.65 bits per heavy atom. The van der Waals surface area contributed by atoms with E-state index in [0.717, 1.165) is 33.5 Å². The molecule has 0 radical (unpaired) electrons. The summed E-state index contributed by atoms with van der Waals surface area (Å²) in [5.41, 5.74) is 4.84. The predicted molar refractivity (Wildman–Crippen MR) is 91.3 cm³/mol. The fourth-order valence-electron chi connectivity index (χ4n) is 2.85. The van der Waals surface area contributed by atoms with Gasteiger partial charge in [0, 0.05) is 11.8 Å². The van der Waals surface area contributed by atoms with Crippen molar-refractivity contribution in [2.45, 2.75) is 0 Å². The van der Waals surface area contributed by atoms with E-state index >= 15 is 0 Å². The Bertz CT molecular complexity index is 961. The topological polar surface area (TPSA) is 50.8 Å². The molecule has 4 heteroatoms. The number of para-hydroxylation sites is 1. The van der Waals surface area contributed by atoms with Crippen LogP contribution in [0.1, 0.15) is 0 Å². The van der Waals surface area contributed by atoms with E-state index in [1.165, 1.54) is 0 Å². The Kier molecular flexibility index (Phi) is 3.27. The number of nitrogens with one attached hydrogen (secondary N) is 1. The van der Waals surface area contributed by atoms with E-state index in [2.05, 4.69) is 27.3 Å². The summed E-state index contributed by atoms with van der Waals surface area (Å²) in [6.45, 7) is 0. The van der Waals surface area contributed by atoms with Crippen LogP contribution in [-0.4, -0.2) is 22.3 Å². The normalized spacial score (nSPS) is 10.8. The van der Waals surface area contributed by atoms with Crippen molar-refractivity contribution in [2.75, 3.05) is 7.11 Å². The van der Waals surface area contributed by atoms with Crippen LogP contribution in [0.25, 0.3) is 33.4 Å². The molecule has 4 aromatic rings.